The van der Waals surface area contributed by atoms with Crippen LogP contribution in [0.5, 0.6) is 51.7 Å². The van der Waals surface area contributed by atoms with Gasteiger partial charge < -0.3 is 74.8 Å². The van der Waals surface area contributed by atoms with Crippen molar-refractivity contribution in [3.05, 3.63) is 52.2 Å². The van der Waals surface area contributed by atoms with Crippen LogP contribution in [0.2, 0.25) is 0 Å². The van der Waals surface area contributed by atoms with Crippen LogP contribution in [0.25, 0.3) is 22.3 Å². The summed E-state index contributed by atoms with van der Waals surface area (Å²) >= 11 is 0. The fraction of sp³-hybridized carbons (Fsp3) is 0.214. The molecule has 0 spiro atoms. The molecule has 1 fully saturated rings. The zero-order chi connectivity index (χ0) is 32.9. The molecule has 1 aromatic heterocycles. The van der Waals surface area contributed by atoms with Crippen molar-refractivity contribution in [2.24, 2.45) is 0 Å². The number of hydrogen-bond acceptors (Lipinski definition) is 17. The van der Waals surface area contributed by atoms with E-state index in [1.165, 1.54) is 0 Å². The molecule has 20 heteroatoms. The number of benzene rings is 3. The third-order valence-corrected chi connectivity index (χ3v) is 6.86. The Morgan fingerprint density at radius 1 is 0.688 bits per heavy atom. The summed E-state index contributed by atoms with van der Waals surface area (Å²) in [6.07, 6.45) is -8.97. The lowest BCUT2D eigenvalue weighted by atomic mass is 9.99. The van der Waals surface area contributed by atoms with E-state index in [1.54, 1.807) is 0 Å². The molecule has 3 unspecified atom stereocenters. The third-order valence-electron chi connectivity index (χ3n) is 6.86. The maximum absolute atomic E-state index is 12.8. The predicted octanol–water partition coefficient (Wildman–Crippen LogP) is 0.487. The van der Waals surface area contributed by atoms with Crippen molar-refractivity contribution in [3.63, 3.8) is 0 Å². The summed E-state index contributed by atoms with van der Waals surface area (Å²) < 4.78 is 21.6. The highest BCUT2D eigenvalue weighted by molar-refractivity contribution is 7.59. The second-order valence-corrected chi connectivity index (χ2v) is 9.88. The van der Waals surface area contributed by atoms with E-state index >= 15 is 0 Å². The number of aliphatic hydroxyl groups excluding tert-OH is 3. The van der Waals surface area contributed by atoms with Crippen LogP contribution < -0.4 is 10.2 Å². The molecule has 1 aliphatic heterocycles. The van der Waals surface area contributed by atoms with Crippen LogP contribution >= 0.6 is 40.5 Å². The molecule has 17 nitrogen and oxygen atoms in total. The van der Waals surface area contributed by atoms with Crippen molar-refractivity contribution in [2.45, 2.75) is 30.7 Å². The van der Waals surface area contributed by atoms with Crippen LogP contribution in [0.15, 0.2) is 45.6 Å². The van der Waals surface area contributed by atoms with Crippen LogP contribution in [0, 0.1) is 0 Å². The molecule has 11 N–H and O–H groups in total. The Kier molecular flexibility index (Phi) is 12.5. The summed E-state index contributed by atoms with van der Waals surface area (Å²) in [5.41, 5.74) is -2.18. The van der Waals surface area contributed by atoms with Crippen molar-refractivity contribution in [1.82, 2.24) is 0 Å². The lowest BCUT2D eigenvalue weighted by Gasteiger charge is -2.39. The minimum atomic E-state index is -1.92. The molecule has 4 aromatic rings. The van der Waals surface area contributed by atoms with Gasteiger partial charge in [0.25, 0.3) is 0 Å². The summed E-state index contributed by atoms with van der Waals surface area (Å²) in [4.78, 5) is 25.2. The van der Waals surface area contributed by atoms with Gasteiger partial charge in [0.2, 0.25) is 17.5 Å². The van der Waals surface area contributed by atoms with Crippen LogP contribution in [-0.2, 0) is 9.47 Å². The van der Waals surface area contributed by atoms with E-state index in [1.807, 2.05) is 0 Å². The first-order valence-electron chi connectivity index (χ1n) is 12.7. The highest BCUT2D eigenvalue weighted by Gasteiger charge is 2.45. The van der Waals surface area contributed by atoms with E-state index in [0.717, 1.165) is 36.4 Å². The van der Waals surface area contributed by atoms with Crippen LogP contribution in [-0.4, -0.2) is 99.5 Å². The monoisotopic (exact) mass is 734 g/mol. The molecule has 0 aliphatic carbocycles. The van der Waals surface area contributed by atoms with Crippen molar-refractivity contribution >= 4 is 57.4 Å². The maximum atomic E-state index is 12.8. The third kappa shape index (κ3) is 7.28. The Morgan fingerprint density at radius 2 is 1.23 bits per heavy atom. The normalized spacial score (nSPS) is 20.1. The van der Waals surface area contributed by atoms with Crippen molar-refractivity contribution in [3.8, 4) is 63.1 Å². The number of esters is 1. The van der Waals surface area contributed by atoms with Gasteiger partial charge in [-0.3, -0.25) is 4.79 Å². The molecule has 1 saturated heterocycles. The second-order valence-electron chi connectivity index (χ2n) is 9.88. The van der Waals surface area contributed by atoms with Crippen LogP contribution in [0.1, 0.15) is 10.4 Å². The number of aromatic hydroxyl groups is 8. The molecule has 0 bridgehead atoms. The lowest BCUT2D eigenvalue weighted by molar-refractivity contribution is -0.277. The molecular weight excluding hydrogens is 704 g/mol. The Morgan fingerprint density at radius 3 is 1.79 bits per heavy atom. The minimum Gasteiger partial charge on any atom is -0.507 e. The van der Waals surface area contributed by atoms with Gasteiger partial charge >= 0.3 is 5.97 Å². The second kappa shape index (κ2) is 15.1. The molecule has 0 amide bonds. The molecule has 48 heavy (non-hydrogen) atoms. The van der Waals surface area contributed by atoms with Gasteiger partial charge in [0.05, 0.1) is 5.56 Å². The number of rotatable bonds is 6. The van der Waals surface area contributed by atoms with E-state index in [4.69, 9.17) is 18.6 Å². The Balaban J connectivity index is 0.00000267. The van der Waals surface area contributed by atoms with Gasteiger partial charge in [0, 0.05) is 17.7 Å². The molecule has 5 atom stereocenters. The number of fused-ring (bicyclic) bond motifs is 1. The van der Waals surface area contributed by atoms with Gasteiger partial charge in [-0.15, -0.1) is 0 Å². The van der Waals surface area contributed by atoms with Gasteiger partial charge in [0.1, 0.15) is 53.5 Å². The molecule has 262 valence electrons. The summed E-state index contributed by atoms with van der Waals surface area (Å²) in [5.74, 6) is -8.86. The number of hydrogen-bond donors (Lipinski definition) is 11. The van der Waals surface area contributed by atoms with E-state index < -0.39 is 117 Å². The standard InChI is InChI=1S/C28H24O17.3H2S/c29-11-5-10(6-16-18(11)22(37)24(39)26(44-16)8-1-12(30)19(34)13(31)2-8)43-28-25(40)23(38)21(36)17(45-28)7-42-27(41)9-3-14(32)20(35)15(33)4-9;;;/h1-6,17,21,23,25,28-36,38-40H,7H2;3*1H2/t17?,21-,23?,25-,28?;;;/m1.../s1. The first kappa shape index (κ1) is 39.6. The van der Waals surface area contributed by atoms with E-state index in [9.17, 15) is 65.8 Å². The highest BCUT2D eigenvalue weighted by Crippen LogP contribution is 2.42. The number of phenolic OH excluding ortho intramolecular Hbond substituents is 7. The number of carbonyl (C=O) groups is 1. The average Bonchev–Trinajstić information content (AvgIpc) is 2.99. The Hall–Kier alpha value is -4.57. The molecule has 2 heterocycles. The number of aliphatic hydroxyl groups is 3. The van der Waals surface area contributed by atoms with Crippen LogP contribution in [0.3, 0.4) is 0 Å². The maximum Gasteiger partial charge on any atom is 0.338 e. The molecule has 5 rings (SSSR count). The Labute approximate surface area is 289 Å². The van der Waals surface area contributed by atoms with E-state index in [0.29, 0.717) is 0 Å². The molecule has 0 radical (unpaired) electrons. The van der Waals surface area contributed by atoms with Crippen molar-refractivity contribution < 1.29 is 79.6 Å². The molecule has 3 aromatic carbocycles. The van der Waals surface area contributed by atoms with Gasteiger partial charge in [-0.25, -0.2) is 4.79 Å². The zero-order valence-corrected chi connectivity index (χ0v) is 26.9. The fourth-order valence-corrected chi connectivity index (χ4v) is 4.51. The summed E-state index contributed by atoms with van der Waals surface area (Å²) in [6.45, 7) is -0.751. The van der Waals surface area contributed by atoms with Crippen molar-refractivity contribution in [2.75, 3.05) is 6.61 Å². The molecule has 0 saturated carbocycles. The van der Waals surface area contributed by atoms with Gasteiger partial charge in [0.15, 0.2) is 40.3 Å². The van der Waals surface area contributed by atoms with Gasteiger partial charge in [-0.2, -0.15) is 40.5 Å². The van der Waals surface area contributed by atoms with E-state index in [-0.39, 0.29) is 51.8 Å². The van der Waals surface area contributed by atoms with Gasteiger partial charge in [-0.1, -0.05) is 0 Å². The summed E-state index contributed by atoms with van der Waals surface area (Å²) in [5, 5.41) is 110. The van der Waals surface area contributed by atoms with Crippen LogP contribution in [0.4, 0.5) is 0 Å². The lowest BCUT2D eigenvalue weighted by Crippen LogP contribution is -2.60. The predicted molar refractivity (Wildman–Crippen MR) is 176 cm³/mol. The number of ether oxygens (including phenoxy) is 3. The number of carbonyl (C=O) groups excluding carboxylic acids is 1. The largest absolute Gasteiger partial charge is 0.507 e. The Bertz CT molecular complexity index is 1830. The first-order valence-corrected chi connectivity index (χ1v) is 12.7. The number of phenols is 7. The van der Waals surface area contributed by atoms with Crippen molar-refractivity contribution in [1.29, 1.82) is 0 Å². The molecular formula is C28H30O17S3. The zero-order valence-electron chi connectivity index (χ0n) is 23.9. The molecule has 1 aliphatic rings. The summed E-state index contributed by atoms with van der Waals surface area (Å²) in [6, 6.07) is 5.23. The van der Waals surface area contributed by atoms with Gasteiger partial charge in [-0.05, 0) is 24.3 Å². The first-order chi connectivity index (χ1) is 21.2. The quantitative estimate of drug-likeness (QED) is 0.0948. The SMILES string of the molecule is O=C(OCC1OC(Oc2cc(O)c3c(=O)c(O)c(-c4cc(O)c(O)c(O)c4)oc3c2)[C@H](O)C(O)[C@@H]1O)c1cc(O)c(O)c(O)c1.S.S.S. The van der Waals surface area contributed by atoms with E-state index in [2.05, 4.69) is 0 Å². The smallest absolute Gasteiger partial charge is 0.338 e. The highest BCUT2D eigenvalue weighted by atomic mass is 32.1. The summed E-state index contributed by atoms with van der Waals surface area (Å²) in [7, 11) is 0. The fourth-order valence-electron chi connectivity index (χ4n) is 4.51. The minimum absolute atomic E-state index is 0. The topological polar surface area (TPSA) is 298 Å². The average molecular weight is 735 g/mol.